The van der Waals surface area contributed by atoms with Crippen molar-refractivity contribution in [2.24, 2.45) is 5.10 Å². The molecule has 0 aliphatic heterocycles. The second-order valence-corrected chi connectivity index (χ2v) is 7.57. The number of hydrogen-bond donors (Lipinski definition) is 3. The number of halogens is 1. The van der Waals surface area contributed by atoms with Gasteiger partial charge >= 0.3 is 11.8 Å². The molecule has 0 aromatic heterocycles. The highest BCUT2D eigenvalue weighted by Crippen LogP contribution is 2.26. The second kappa shape index (κ2) is 10.0. The van der Waals surface area contributed by atoms with Gasteiger partial charge in [-0.25, -0.2) is 5.43 Å². The van der Waals surface area contributed by atoms with E-state index in [1.165, 1.54) is 6.21 Å². The Morgan fingerprint density at radius 1 is 1.11 bits per heavy atom. The van der Waals surface area contributed by atoms with Crippen LogP contribution in [-0.2, 0) is 9.59 Å². The van der Waals surface area contributed by atoms with E-state index >= 15 is 0 Å². The summed E-state index contributed by atoms with van der Waals surface area (Å²) in [7, 11) is 0. The summed E-state index contributed by atoms with van der Waals surface area (Å²) in [5.41, 5.74) is 7.13. The topological polar surface area (TPSA) is 82.6 Å². The molecule has 0 fully saturated rings. The van der Waals surface area contributed by atoms with Crippen LogP contribution in [0.5, 0.6) is 0 Å². The maximum absolute atomic E-state index is 11.8. The minimum atomic E-state index is -0.796. The molecule has 0 unspecified atom stereocenters. The summed E-state index contributed by atoms with van der Waals surface area (Å²) in [5, 5.41) is 9.93. The second-order valence-electron chi connectivity index (χ2n) is 6.66. The fourth-order valence-electron chi connectivity index (χ4n) is 2.37. The summed E-state index contributed by atoms with van der Waals surface area (Å²) in [5.74, 6) is -1.50. The van der Waals surface area contributed by atoms with Crippen LogP contribution in [0.3, 0.4) is 0 Å². The molecule has 3 N–H and O–H groups in total. The van der Waals surface area contributed by atoms with Crippen LogP contribution in [0.15, 0.2) is 46.0 Å². The number of carbonyl (C=O) groups is 2. The molecule has 0 bridgehead atoms. The van der Waals surface area contributed by atoms with Crippen molar-refractivity contribution >= 4 is 45.3 Å². The number of carbonyl (C=O) groups excluding carboxylic acids is 2. The van der Waals surface area contributed by atoms with Crippen molar-refractivity contribution in [3.05, 3.63) is 57.6 Å². The lowest BCUT2D eigenvalue weighted by molar-refractivity contribution is -0.139. The molecule has 0 saturated heterocycles. The Bertz CT molecular complexity index is 896. The lowest BCUT2D eigenvalue weighted by atomic mass is 10.1. The molecule has 2 rings (SSSR count). The van der Waals surface area contributed by atoms with Crippen molar-refractivity contribution in [3.63, 3.8) is 0 Å². The van der Waals surface area contributed by atoms with Gasteiger partial charge in [-0.15, -0.1) is 0 Å². The molecule has 0 saturated carbocycles. The van der Waals surface area contributed by atoms with Crippen LogP contribution in [0.25, 0.3) is 0 Å². The standard InChI is InChI=1S/C21H25BrN4O2/c1-5-15(4)24-20(27)21(28)26-23-12-16-11-17(22)8-9-18(16)25-19-10-13(2)6-7-14(19)3/h6-12,15,25H,5H2,1-4H3,(H,24,27)(H,26,28)/b23-12-/t15-/m0/s1. The van der Waals surface area contributed by atoms with Gasteiger partial charge in [-0.3, -0.25) is 9.59 Å². The monoisotopic (exact) mass is 444 g/mol. The van der Waals surface area contributed by atoms with E-state index in [0.717, 1.165) is 39.0 Å². The first-order chi connectivity index (χ1) is 13.3. The van der Waals surface area contributed by atoms with Crippen molar-refractivity contribution in [1.29, 1.82) is 0 Å². The Balaban J connectivity index is 2.14. The first-order valence-corrected chi connectivity index (χ1v) is 9.87. The van der Waals surface area contributed by atoms with Crippen molar-refractivity contribution in [2.45, 2.75) is 40.2 Å². The third-order valence-electron chi connectivity index (χ3n) is 4.24. The number of aryl methyl sites for hydroxylation is 2. The first-order valence-electron chi connectivity index (χ1n) is 9.08. The molecule has 0 aliphatic carbocycles. The SMILES string of the molecule is CC[C@H](C)NC(=O)C(=O)N/N=C\c1cc(Br)ccc1Nc1cc(C)ccc1C. The number of anilines is 2. The Kier molecular flexibility index (Phi) is 7.75. The summed E-state index contributed by atoms with van der Waals surface area (Å²) < 4.78 is 0.876. The molecule has 0 radical (unpaired) electrons. The molecule has 0 spiro atoms. The Labute approximate surface area is 173 Å². The fourth-order valence-corrected chi connectivity index (χ4v) is 2.75. The Morgan fingerprint density at radius 3 is 2.57 bits per heavy atom. The van der Waals surface area contributed by atoms with Gasteiger partial charge in [-0.1, -0.05) is 35.0 Å². The van der Waals surface area contributed by atoms with Crippen LogP contribution >= 0.6 is 15.9 Å². The van der Waals surface area contributed by atoms with Gasteiger partial charge < -0.3 is 10.6 Å². The molecule has 28 heavy (non-hydrogen) atoms. The smallest absolute Gasteiger partial charge is 0.329 e. The fraction of sp³-hybridized carbons (Fsp3) is 0.286. The van der Waals surface area contributed by atoms with Gasteiger partial charge in [0.25, 0.3) is 0 Å². The summed E-state index contributed by atoms with van der Waals surface area (Å²) in [6.07, 6.45) is 2.25. The lowest BCUT2D eigenvalue weighted by Crippen LogP contribution is -2.41. The van der Waals surface area contributed by atoms with E-state index in [0.29, 0.717) is 0 Å². The van der Waals surface area contributed by atoms with E-state index in [4.69, 9.17) is 0 Å². The highest BCUT2D eigenvalue weighted by molar-refractivity contribution is 9.10. The van der Waals surface area contributed by atoms with Crippen LogP contribution in [0.4, 0.5) is 11.4 Å². The van der Waals surface area contributed by atoms with Crippen molar-refractivity contribution in [2.75, 3.05) is 5.32 Å². The summed E-state index contributed by atoms with van der Waals surface area (Å²) >= 11 is 3.45. The average molecular weight is 445 g/mol. The summed E-state index contributed by atoms with van der Waals surface area (Å²) in [6.45, 7) is 7.83. The van der Waals surface area contributed by atoms with Crippen molar-refractivity contribution in [1.82, 2.24) is 10.7 Å². The van der Waals surface area contributed by atoms with Gasteiger partial charge in [0, 0.05) is 27.5 Å². The van der Waals surface area contributed by atoms with Crippen molar-refractivity contribution in [3.8, 4) is 0 Å². The predicted octanol–water partition coefficient (Wildman–Crippen LogP) is 4.17. The molecule has 2 aromatic rings. The quantitative estimate of drug-likeness (QED) is 0.355. The molecule has 7 heteroatoms. The molecule has 2 aromatic carbocycles. The van der Waals surface area contributed by atoms with Crippen LogP contribution in [0.2, 0.25) is 0 Å². The third-order valence-corrected chi connectivity index (χ3v) is 4.74. The van der Waals surface area contributed by atoms with Gasteiger partial charge in [0.05, 0.1) is 6.21 Å². The normalized spacial score (nSPS) is 11.9. The largest absolute Gasteiger partial charge is 0.355 e. The zero-order valence-electron chi connectivity index (χ0n) is 16.5. The minimum Gasteiger partial charge on any atom is -0.355 e. The molecule has 0 aliphatic rings. The molecule has 0 heterocycles. The van der Waals surface area contributed by atoms with E-state index in [2.05, 4.69) is 55.3 Å². The minimum absolute atomic E-state index is 0.0688. The van der Waals surface area contributed by atoms with Crippen molar-refractivity contribution < 1.29 is 9.59 Å². The van der Waals surface area contributed by atoms with E-state index in [-0.39, 0.29) is 6.04 Å². The van der Waals surface area contributed by atoms with Crippen LogP contribution in [0.1, 0.15) is 37.0 Å². The number of hydrogen-bond acceptors (Lipinski definition) is 4. The highest BCUT2D eigenvalue weighted by atomic mass is 79.9. The average Bonchev–Trinajstić information content (AvgIpc) is 2.66. The zero-order valence-corrected chi connectivity index (χ0v) is 18.1. The van der Waals surface area contributed by atoms with Crippen LogP contribution in [-0.4, -0.2) is 24.1 Å². The first kappa shape index (κ1) is 21.6. The van der Waals surface area contributed by atoms with E-state index in [1.807, 2.05) is 45.9 Å². The maximum atomic E-state index is 11.8. The molecule has 2 amide bonds. The van der Waals surface area contributed by atoms with Gasteiger partial charge in [0.15, 0.2) is 0 Å². The molecule has 1 atom stereocenters. The van der Waals surface area contributed by atoms with E-state index in [1.54, 1.807) is 0 Å². The van der Waals surface area contributed by atoms with Crippen LogP contribution in [0, 0.1) is 13.8 Å². The summed E-state index contributed by atoms with van der Waals surface area (Å²) in [4.78, 5) is 23.6. The molecule has 148 valence electrons. The number of rotatable bonds is 6. The number of nitrogens with zero attached hydrogens (tertiary/aromatic N) is 1. The van der Waals surface area contributed by atoms with Crippen LogP contribution < -0.4 is 16.1 Å². The Morgan fingerprint density at radius 2 is 1.86 bits per heavy atom. The molecule has 6 nitrogen and oxygen atoms in total. The number of nitrogens with one attached hydrogen (secondary N) is 3. The Hall–Kier alpha value is -2.67. The maximum Gasteiger partial charge on any atom is 0.329 e. The zero-order chi connectivity index (χ0) is 20.7. The van der Waals surface area contributed by atoms with Gasteiger partial charge in [-0.05, 0) is 62.6 Å². The van der Waals surface area contributed by atoms with Gasteiger partial charge in [0.1, 0.15) is 0 Å². The van der Waals surface area contributed by atoms with Gasteiger partial charge in [-0.2, -0.15) is 5.10 Å². The highest BCUT2D eigenvalue weighted by Gasteiger charge is 2.14. The predicted molar refractivity (Wildman–Crippen MR) is 117 cm³/mol. The molecular weight excluding hydrogens is 420 g/mol. The third kappa shape index (κ3) is 6.20. The van der Waals surface area contributed by atoms with Gasteiger partial charge in [0.2, 0.25) is 0 Å². The van der Waals surface area contributed by atoms with E-state index < -0.39 is 11.8 Å². The lowest BCUT2D eigenvalue weighted by Gasteiger charge is -2.13. The number of benzene rings is 2. The number of amides is 2. The summed E-state index contributed by atoms with van der Waals surface area (Å²) in [6, 6.07) is 11.8. The molecular formula is C21H25BrN4O2. The van der Waals surface area contributed by atoms with E-state index in [9.17, 15) is 9.59 Å². The number of hydrazone groups is 1.